The van der Waals surface area contributed by atoms with E-state index in [9.17, 15) is 4.79 Å². The van der Waals surface area contributed by atoms with Crippen molar-refractivity contribution >= 4 is 74.9 Å². The summed E-state index contributed by atoms with van der Waals surface area (Å²) in [6, 6.07) is 23.9. The lowest BCUT2D eigenvalue weighted by Gasteiger charge is -2.29. The van der Waals surface area contributed by atoms with Crippen LogP contribution >= 0.6 is 46.4 Å². The van der Waals surface area contributed by atoms with Gasteiger partial charge in [-0.3, -0.25) is 0 Å². The van der Waals surface area contributed by atoms with E-state index >= 15 is 0 Å². The summed E-state index contributed by atoms with van der Waals surface area (Å²) in [6.07, 6.45) is 5.50. The van der Waals surface area contributed by atoms with Crippen molar-refractivity contribution in [3.8, 4) is 11.5 Å². The second-order valence-corrected chi connectivity index (χ2v) is 16.4. The Labute approximate surface area is 385 Å². The second-order valence-electron chi connectivity index (χ2n) is 14.9. The molecule has 0 spiro atoms. The molecule has 1 heterocycles. The van der Waals surface area contributed by atoms with Gasteiger partial charge in [0.2, 0.25) is 0 Å². The summed E-state index contributed by atoms with van der Waals surface area (Å²) in [6.45, 7) is 10.5. The number of halogens is 4. The molecule has 0 bridgehead atoms. The van der Waals surface area contributed by atoms with Gasteiger partial charge < -0.3 is 34.3 Å². The first kappa shape index (κ1) is 46.8. The van der Waals surface area contributed by atoms with Crippen LogP contribution in [0.3, 0.4) is 0 Å². The Kier molecular flexibility index (Phi) is 15.6. The number of rotatable bonds is 18. The Morgan fingerprint density at radius 1 is 0.613 bits per heavy atom. The Hall–Kier alpha value is -4.67. The molecule has 0 unspecified atom stereocenters. The Morgan fingerprint density at radius 2 is 1.03 bits per heavy atom. The molecule has 12 heteroatoms. The van der Waals surface area contributed by atoms with Crippen LogP contribution in [0.15, 0.2) is 84.9 Å². The zero-order valence-corrected chi connectivity index (χ0v) is 39.3. The van der Waals surface area contributed by atoms with Gasteiger partial charge >= 0.3 is 5.97 Å². The molecule has 6 rings (SSSR count). The molecule has 1 aliphatic heterocycles. The smallest absolute Gasteiger partial charge is 0.341 e. The summed E-state index contributed by atoms with van der Waals surface area (Å²) < 4.78 is 28.9. The molecule has 0 aliphatic carbocycles. The first-order valence-corrected chi connectivity index (χ1v) is 21.9. The number of anilines is 2. The number of nitrogens with one attached hydrogen (secondary N) is 2. The highest BCUT2D eigenvalue weighted by atomic mass is 35.5. The summed E-state index contributed by atoms with van der Waals surface area (Å²) in [4.78, 5) is 14.5. The number of esters is 1. The maximum absolute atomic E-state index is 14.5. The molecule has 62 heavy (non-hydrogen) atoms. The first-order valence-electron chi connectivity index (χ1n) is 20.4. The number of aryl methyl sites for hydroxylation is 2. The second kappa shape index (κ2) is 20.7. The predicted molar refractivity (Wildman–Crippen MR) is 256 cm³/mol. The molecular weight excluding hydrogens is 866 g/mol. The largest absolute Gasteiger partial charge is 0.497 e. The van der Waals surface area contributed by atoms with E-state index in [2.05, 4.69) is 62.6 Å². The van der Waals surface area contributed by atoms with E-state index in [0.717, 1.165) is 68.7 Å². The van der Waals surface area contributed by atoms with Crippen molar-refractivity contribution in [1.82, 2.24) is 0 Å². The molecule has 326 valence electrons. The molecule has 8 nitrogen and oxygen atoms in total. The van der Waals surface area contributed by atoms with Crippen LogP contribution in [0.25, 0.3) is 11.1 Å². The summed E-state index contributed by atoms with van der Waals surface area (Å²) >= 11 is 27.9. The molecule has 0 saturated carbocycles. The first-order chi connectivity index (χ1) is 29.9. The zero-order chi connectivity index (χ0) is 44.7. The van der Waals surface area contributed by atoms with Crippen LogP contribution in [0.4, 0.5) is 11.4 Å². The van der Waals surface area contributed by atoms with Gasteiger partial charge in [-0.05, 0) is 108 Å². The number of carbonyl (C=O) groups excluding carboxylic acids is 1. The molecule has 2 N–H and O–H groups in total. The van der Waals surface area contributed by atoms with Crippen molar-refractivity contribution in [2.75, 3.05) is 65.4 Å². The molecule has 0 fully saturated rings. The molecule has 5 aromatic rings. The summed E-state index contributed by atoms with van der Waals surface area (Å²) in [5, 5.41) is 7.23. The number of ether oxygens (including phenoxy) is 5. The van der Waals surface area contributed by atoms with Gasteiger partial charge in [0.1, 0.15) is 11.5 Å². The molecule has 0 atom stereocenters. The Bertz CT molecular complexity index is 2370. The van der Waals surface area contributed by atoms with Gasteiger partial charge in [-0.1, -0.05) is 109 Å². The average molecular weight is 919 g/mol. The van der Waals surface area contributed by atoms with Gasteiger partial charge in [0.15, 0.2) is 5.60 Å². The SMILES string of the molecule is CCc1ccc(C(=CC2(C=C(c3ccc(OC)cc3)c3ccc(CC)c(C)c3NCCOC)OC(=O)c3c(Cl)c(Cl)c(Cl)c(Cl)c32)c2ccc(OC)cc2)c(NCCOC)c1C. The molecule has 1 aliphatic rings. The maximum atomic E-state index is 14.5. The molecule has 0 saturated heterocycles. The summed E-state index contributed by atoms with van der Waals surface area (Å²) in [5.41, 5.74) is 9.57. The fraction of sp³-hybridized carbons (Fsp3) is 0.300. The van der Waals surface area contributed by atoms with Gasteiger partial charge in [-0.15, -0.1) is 0 Å². The van der Waals surface area contributed by atoms with E-state index in [0.29, 0.717) is 37.8 Å². The van der Waals surface area contributed by atoms with Crippen molar-refractivity contribution in [1.29, 1.82) is 0 Å². The third-order valence-corrected chi connectivity index (χ3v) is 13.2. The van der Waals surface area contributed by atoms with E-state index < -0.39 is 11.6 Å². The molecular formula is C50H52Cl4N2O6. The highest BCUT2D eigenvalue weighted by Crippen LogP contribution is 2.54. The van der Waals surface area contributed by atoms with Crippen LogP contribution in [0, 0.1) is 13.8 Å². The molecule has 5 aromatic carbocycles. The third-order valence-electron chi connectivity index (χ3n) is 11.4. The number of benzene rings is 5. The van der Waals surface area contributed by atoms with Gasteiger partial charge in [-0.2, -0.15) is 0 Å². The quantitative estimate of drug-likeness (QED) is 0.0389. The lowest BCUT2D eigenvalue weighted by Crippen LogP contribution is -2.24. The lowest BCUT2D eigenvalue weighted by molar-refractivity contribution is 0.0300. The van der Waals surface area contributed by atoms with Crippen molar-refractivity contribution in [2.45, 2.75) is 46.1 Å². The highest BCUT2D eigenvalue weighted by Gasteiger charge is 2.48. The van der Waals surface area contributed by atoms with Gasteiger partial charge in [0.25, 0.3) is 0 Å². The van der Waals surface area contributed by atoms with Crippen LogP contribution in [0.5, 0.6) is 11.5 Å². The van der Waals surface area contributed by atoms with Gasteiger partial charge in [-0.25, -0.2) is 4.79 Å². The van der Waals surface area contributed by atoms with Crippen LogP contribution in [0.1, 0.15) is 74.3 Å². The molecule has 0 aromatic heterocycles. The fourth-order valence-electron chi connectivity index (χ4n) is 8.03. The number of hydrogen-bond donors (Lipinski definition) is 2. The van der Waals surface area contributed by atoms with Gasteiger partial charge in [0, 0.05) is 55.4 Å². The predicted octanol–water partition coefficient (Wildman–Crippen LogP) is 12.8. The van der Waals surface area contributed by atoms with Crippen molar-refractivity contribution in [3.63, 3.8) is 0 Å². The fourth-order valence-corrected chi connectivity index (χ4v) is 9.11. The molecule has 0 amide bonds. The Morgan fingerprint density at radius 3 is 1.42 bits per heavy atom. The highest BCUT2D eigenvalue weighted by molar-refractivity contribution is 6.53. The average Bonchev–Trinajstić information content (AvgIpc) is 3.58. The minimum Gasteiger partial charge on any atom is -0.497 e. The standard InChI is InChI=1S/C50H52Cl4N2O6/c1-9-31-15-21-37(47(29(31)3)55-23-25-58-5)39(33-11-17-35(60-7)18-12-33)27-50(42-41(49(57)62-50)43(51)45(53)46(54)44(42)52)28-40(34-13-19-36(61-8)20-14-34)38-22-16-32(10-2)30(4)48(38)56-24-26-59-6/h11-22,27-28,55-56H,9-10,23-26H2,1-8H3. The Balaban J connectivity index is 1.82. The van der Waals surface area contributed by atoms with Crippen molar-refractivity contribution in [3.05, 3.63) is 161 Å². The number of hydrogen-bond acceptors (Lipinski definition) is 8. The van der Waals surface area contributed by atoms with Crippen LogP contribution in [-0.2, 0) is 32.7 Å². The number of methoxy groups -OCH3 is 4. The minimum atomic E-state index is -1.74. The van der Waals surface area contributed by atoms with Crippen molar-refractivity contribution in [2.24, 2.45) is 0 Å². The van der Waals surface area contributed by atoms with Gasteiger partial charge in [0.05, 0.1) is 53.1 Å². The molecule has 0 radical (unpaired) electrons. The topological polar surface area (TPSA) is 87.3 Å². The zero-order valence-electron chi connectivity index (χ0n) is 36.3. The van der Waals surface area contributed by atoms with E-state index in [1.807, 2.05) is 60.7 Å². The normalized spacial score (nSPS) is 15.1. The van der Waals surface area contributed by atoms with E-state index in [-0.39, 0.29) is 31.2 Å². The summed E-state index contributed by atoms with van der Waals surface area (Å²) in [7, 11) is 6.59. The summed E-state index contributed by atoms with van der Waals surface area (Å²) in [5.74, 6) is 0.635. The van der Waals surface area contributed by atoms with Crippen LogP contribution < -0.4 is 20.1 Å². The van der Waals surface area contributed by atoms with E-state index in [1.165, 1.54) is 11.1 Å². The van der Waals surface area contributed by atoms with Crippen molar-refractivity contribution < 1.29 is 28.5 Å². The van der Waals surface area contributed by atoms with E-state index in [4.69, 9.17) is 70.1 Å². The number of fused-ring (bicyclic) bond motifs is 1. The monoisotopic (exact) mass is 916 g/mol. The van der Waals surface area contributed by atoms with Crippen LogP contribution in [-0.4, -0.2) is 60.7 Å². The number of carbonyl (C=O) groups is 1. The maximum Gasteiger partial charge on any atom is 0.341 e. The number of cyclic esters (lactones) is 1. The lowest BCUT2D eigenvalue weighted by atomic mass is 9.81. The van der Waals surface area contributed by atoms with E-state index in [1.54, 1.807) is 28.4 Å². The minimum absolute atomic E-state index is 0.00585. The van der Waals surface area contributed by atoms with Crippen LogP contribution in [0.2, 0.25) is 20.1 Å². The third kappa shape index (κ3) is 9.33.